The Balaban J connectivity index is 1.64. The molecule has 0 saturated carbocycles. The largest absolute Gasteiger partial charge is 0.493 e. The fraction of sp³-hybridized carbons (Fsp3) is 0.276. The second-order valence-corrected chi connectivity index (χ2v) is 8.76. The Bertz CT molecular complexity index is 1590. The maximum atomic E-state index is 13.6. The Morgan fingerprint density at radius 3 is 2.05 bits per heavy atom. The first-order valence-corrected chi connectivity index (χ1v) is 12.3. The van der Waals surface area contributed by atoms with Crippen LogP contribution in [0.3, 0.4) is 0 Å². The van der Waals surface area contributed by atoms with Crippen LogP contribution in [0, 0.1) is 0 Å². The predicted molar refractivity (Wildman–Crippen MR) is 147 cm³/mol. The third-order valence-electron chi connectivity index (χ3n) is 6.40. The van der Waals surface area contributed by atoms with Crippen LogP contribution >= 0.6 is 0 Å². The van der Waals surface area contributed by atoms with Crippen molar-refractivity contribution in [2.75, 3.05) is 35.0 Å². The molecule has 39 heavy (non-hydrogen) atoms. The van der Waals surface area contributed by atoms with Crippen LogP contribution in [0.4, 0.5) is 0 Å². The molecule has 10 nitrogen and oxygen atoms in total. The lowest BCUT2D eigenvalue weighted by Gasteiger charge is -2.16. The fourth-order valence-corrected chi connectivity index (χ4v) is 4.38. The Hall–Kier alpha value is -4.73. The Labute approximate surface area is 225 Å². The minimum absolute atomic E-state index is 0.0592. The smallest absolute Gasteiger partial charge is 0.332 e. The van der Waals surface area contributed by atoms with E-state index in [1.54, 1.807) is 26.4 Å². The lowest BCUT2D eigenvalue weighted by atomic mass is 10.1. The predicted octanol–water partition coefficient (Wildman–Crippen LogP) is 2.60. The normalized spacial score (nSPS) is 10.8. The minimum Gasteiger partial charge on any atom is -0.493 e. The number of methoxy groups -OCH3 is 4. The third-order valence-corrected chi connectivity index (χ3v) is 6.40. The van der Waals surface area contributed by atoms with Gasteiger partial charge in [0.1, 0.15) is 6.54 Å². The zero-order valence-electron chi connectivity index (χ0n) is 22.4. The molecule has 0 fully saturated rings. The lowest BCUT2D eigenvalue weighted by Crippen LogP contribution is -2.43. The van der Waals surface area contributed by atoms with Gasteiger partial charge in [0, 0.05) is 12.6 Å². The van der Waals surface area contributed by atoms with E-state index < -0.39 is 11.2 Å². The Morgan fingerprint density at radius 1 is 0.744 bits per heavy atom. The van der Waals surface area contributed by atoms with Crippen LogP contribution < -0.4 is 35.5 Å². The highest BCUT2D eigenvalue weighted by Crippen LogP contribution is 2.30. The molecule has 4 aromatic rings. The zero-order valence-corrected chi connectivity index (χ0v) is 22.4. The first-order chi connectivity index (χ1) is 18.9. The molecular formula is C29H31N3O7. The summed E-state index contributed by atoms with van der Waals surface area (Å²) in [4.78, 5) is 40.0. The molecule has 0 bridgehead atoms. The SMILES string of the molecule is COc1ccc(CCNC(=O)Cn2c(=O)n(Cc3ccccc3)c(=O)c3cc(OC)c(OC)cc32)cc1OC. The van der Waals surface area contributed by atoms with Crippen LogP contribution in [0.25, 0.3) is 10.9 Å². The van der Waals surface area contributed by atoms with E-state index in [1.807, 2.05) is 42.5 Å². The van der Waals surface area contributed by atoms with Crippen molar-refractivity contribution in [3.63, 3.8) is 0 Å². The summed E-state index contributed by atoms with van der Waals surface area (Å²) in [5.74, 6) is 1.53. The number of amides is 1. The number of hydrogen-bond acceptors (Lipinski definition) is 7. The monoisotopic (exact) mass is 533 g/mol. The van der Waals surface area contributed by atoms with E-state index in [0.29, 0.717) is 36.0 Å². The second kappa shape index (κ2) is 12.2. The van der Waals surface area contributed by atoms with E-state index >= 15 is 0 Å². The van der Waals surface area contributed by atoms with Gasteiger partial charge >= 0.3 is 5.69 Å². The van der Waals surface area contributed by atoms with Gasteiger partial charge in [-0.1, -0.05) is 36.4 Å². The van der Waals surface area contributed by atoms with Crippen LogP contribution in [0.5, 0.6) is 23.0 Å². The number of carbonyl (C=O) groups excluding carboxylic acids is 1. The first kappa shape index (κ1) is 27.3. The van der Waals surface area contributed by atoms with Crippen molar-refractivity contribution < 1.29 is 23.7 Å². The standard InChI is InChI=1S/C29H31N3O7/c1-36-23-11-10-19(14-24(23)37-2)12-13-30-27(33)18-31-22-16-26(39-4)25(38-3)15-21(22)28(34)32(29(31)35)17-20-8-6-5-7-9-20/h5-11,14-16H,12-13,17-18H2,1-4H3,(H,30,33). The number of benzene rings is 3. The van der Waals surface area contributed by atoms with Crippen LogP contribution in [0.1, 0.15) is 11.1 Å². The third kappa shape index (κ3) is 5.90. The van der Waals surface area contributed by atoms with Gasteiger partial charge in [0.2, 0.25) is 5.91 Å². The van der Waals surface area contributed by atoms with Crippen molar-refractivity contribution >= 4 is 16.8 Å². The number of aromatic nitrogens is 2. The van der Waals surface area contributed by atoms with Gasteiger partial charge in [-0.2, -0.15) is 0 Å². The fourth-order valence-electron chi connectivity index (χ4n) is 4.38. The van der Waals surface area contributed by atoms with Crippen LogP contribution in [0.15, 0.2) is 70.3 Å². The van der Waals surface area contributed by atoms with Crippen molar-refractivity contribution in [3.8, 4) is 23.0 Å². The molecule has 10 heteroatoms. The highest BCUT2D eigenvalue weighted by Gasteiger charge is 2.19. The molecule has 1 N–H and O–H groups in total. The van der Waals surface area contributed by atoms with E-state index in [2.05, 4.69) is 5.32 Å². The summed E-state index contributed by atoms with van der Waals surface area (Å²) in [7, 11) is 6.06. The lowest BCUT2D eigenvalue weighted by molar-refractivity contribution is -0.121. The molecule has 1 amide bonds. The topological polar surface area (TPSA) is 110 Å². The zero-order chi connectivity index (χ0) is 27.9. The van der Waals surface area contributed by atoms with E-state index in [0.717, 1.165) is 15.7 Å². The van der Waals surface area contributed by atoms with Crippen LogP contribution in [-0.4, -0.2) is 50.0 Å². The minimum atomic E-state index is -0.599. The molecule has 0 aliphatic heterocycles. The number of hydrogen-bond donors (Lipinski definition) is 1. The molecule has 4 rings (SSSR count). The van der Waals surface area contributed by atoms with Gasteiger partial charge in [-0.15, -0.1) is 0 Å². The summed E-state index contributed by atoms with van der Waals surface area (Å²) < 4.78 is 23.8. The number of nitrogens with zero attached hydrogens (tertiary/aromatic N) is 2. The van der Waals surface area contributed by atoms with Gasteiger partial charge in [0.15, 0.2) is 23.0 Å². The molecule has 0 atom stereocenters. The summed E-state index contributed by atoms with van der Waals surface area (Å²) in [5, 5.41) is 3.10. The maximum absolute atomic E-state index is 13.6. The van der Waals surface area contributed by atoms with E-state index in [9.17, 15) is 14.4 Å². The van der Waals surface area contributed by atoms with Gasteiger partial charge in [0.05, 0.1) is 45.9 Å². The average Bonchev–Trinajstić information content (AvgIpc) is 2.97. The molecule has 0 aliphatic carbocycles. The van der Waals surface area contributed by atoms with Crippen LogP contribution in [0.2, 0.25) is 0 Å². The number of fused-ring (bicyclic) bond motifs is 1. The average molecular weight is 534 g/mol. The second-order valence-electron chi connectivity index (χ2n) is 8.76. The molecule has 0 aliphatic rings. The van der Waals surface area contributed by atoms with E-state index in [1.165, 1.54) is 24.9 Å². The molecule has 0 spiro atoms. The summed E-state index contributed by atoms with van der Waals surface area (Å²) in [6.45, 7) is 0.108. The van der Waals surface area contributed by atoms with Gasteiger partial charge in [-0.3, -0.25) is 18.7 Å². The number of nitrogens with one attached hydrogen (secondary N) is 1. The summed E-state index contributed by atoms with van der Waals surface area (Å²) in [6, 6.07) is 17.8. The van der Waals surface area contributed by atoms with Gasteiger partial charge in [0.25, 0.3) is 5.56 Å². The first-order valence-electron chi connectivity index (χ1n) is 12.3. The molecule has 0 radical (unpaired) electrons. The summed E-state index contributed by atoms with van der Waals surface area (Å²) in [5.41, 5.74) is 0.928. The highest BCUT2D eigenvalue weighted by atomic mass is 16.5. The number of carbonyl (C=O) groups is 1. The molecule has 0 saturated heterocycles. The van der Waals surface area contributed by atoms with E-state index in [4.69, 9.17) is 18.9 Å². The highest BCUT2D eigenvalue weighted by molar-refractivity contribution is 5.84. The number of ether oxygens (including phenoxy) is 4. The maximum Gasteiger partial charge on any atom is 0.332 e. The van der Waals surface area contributed by atoms with Crippen molar-refractivity contribution in [1.29, 1.82) is 0 Å². The molecule has 1 heterocycles. The van der Waals surface area contributed by atoms with Gasteiger partial charge < -0.3 is 24.3 Å². The number of rotatable bonds is 11. The van der Waals surface area contributed by atoms with Gasteiger partial charge in [-0.25, -0.2) is 4.79 Å². The van der Waals surface area contributed by atoms with Crippen molar-refractivity contribution in [3.05, 3.63) is 92.6 Å². The van der Waals surface area contributed by atoms with Gasteiger partial charge in [-0.05, 0) is 35.7 Å². The summed E-state index contributed by atoms with van der Waals surface area (Å²) >= 11 is 0. The Kier molecular flexibility index (Phi) is 8.55. The molecule has 204 valence electrons. The van der Waals surface area contributed by atoms with Crippen molar-refractivity contribution in [1.82, 2.24) is 14.5 Å². The quantitative estimate of drug-likeness (QED) is 0.316. The van der Waals surface area contributed by atoms with E-state index in [-0.39, 0.29) is 29.9 Å². The van der Waals surface area contributed by atoms with Crippen molar-refractivity contribution in [2.24, 2.45) is 0 Å². The van der Waals surface area contributed by atoms with Crippen molar-refractivity contribution in [2.45, 2.75) is 19.5 Å². The summed E-state index contributed by atoms with van der Waals surface area (Å²) in [6.07, 6.45) is 0.542. The Morgan fingerprint density at radius 2 is 1.38 bits per heavy atom. The molecule has 0 unspecified atom stereocenters. The molecular weight excluding hydrogens is 502 g/mol. The molecule has 3 aromatic carbocycles. The van der Waals surface area contributed by atoms with Crippen LogP contribution in [-0.2, 0) is 24.3 Å². The molecule has 1 aromatic heterocycles.